The van der Waals surface area contributed by atoms with Gasteiger partial charge in [0, 0.05) is 61.3 Å². The molecule has 0 spiro atoms. The molecule has 0 radical (unpaired) electrons. The number of carbonyl (C=O) groups excluding carboxylic acids is 1. The number of pyridine rings is 1. The van der Waals surface area contributed by atoms with Gasteiger partial charge in [0.05, 0.1) is 24.1 Å². The van der Waals surface area contributed by atoms with Gasteiger partial charge in [-0.15, -0.1) is 0 Å². The lowest BCUT2D eigenvalue weighted by molar-refractivity contribution is -0.128. The number of halogens is 2. The molecule has 1 atom stereocenters. The summed E-state index contributed by atoms with van der Waals surface area (Å²) in [4.78, 5) is 34.3. The summed E-state index contributed by atoms with van der Waals surface area (Å²) in [5.74, 6) is -1.09. The zero-order chi connectivity index (χ0) is 27.8. The number of hydrogen-bond acceptors (Lipinski definition) is 8. The number of likely N-dealkylation sites (N-methyl/N-ethyl adjacent to an activating group) is 1. The third-order valence-corrected chi connectivity index (χ3v) is 8.24. The van der Waals surface area contributed by atoms with Crippen LogP contribution in [0.4, 0.5) is 20.3 Å². The van der Waals surface area contributed by atoms with Crippen molar-refractivity contribution < 1.29 is 18.3 Å². The zero-order valence-corrected chi connectivity index (χ0v) is 22.7. The molecular formula is C29H33F2N7O2. The standard InChI is InChI=1S/C29H33F2N7O2/c1-19(30)28(39)37-12-10-36(11-13-37)27-23-7-9-38(26-16-32-15-20-5-6-21(31)14-24(20)26)17-25(23)33-29(34-27)40-18-22-4-3-8-35(22)2/h5-6,14-16,22H,1,3-4,7-13,17-18H2,2H3/t22-/m0/s1. The summed E-state index contributed by atoms with van der Waals surface area (Å²) in [6, 6.07) is 5.38. The van der Waals surface area contributed by atoms with Gasteiger partial charge in [0.2, 0.25) is 0 Å². The van der Waals surface area contributed by atoms with Crippen molar-refractivity contribution in [3.63, 3.8) is 0 Å². The smallest absolute Gasteiger partial charge is 0.318 e. The number of ether oxygens (including phenoxy) is 1. The van der Waals surface area contributed by atoms with Gasteiger partial charge in [-0.25, -0.2) is 8.78 Å². The summed E-state index contributed by atoms with van der Waals surface area (Å²) in [5, 5.41) is 1.69. The molecule has 3 aromatic rings. The van der Waals surface area contributed by atoms with Crippen LogP contribution in [0.2, 0.25) is 0 Å². The number of rotatable bonds is 6. The van der Waals surface area contributed by atoms with Crippen molar-refractivity contribution >= 4 is 28.2 Å². The fourth-order valence-corrected chi connectivity index (χ4v) is 5.95. The molecule has 3 aliphatic heterocycles. The van der Waals surface area contributed by atoms with Gasteiger partial charge in [-0.1, -0.05) is 6.58 Å². The summed E-state index contributed by atoms with van der Waals surface area (Å²) >= 11 is 0. The molecule has 1 aromatic carbocycles. The maximum absolute atomic E-state index is 14.2. The third-order valence-electron chi connectivity index (χ3n) is 8.24. The molecule has 2 aromatic heterocycles. The highest BCUT2D eigenvalue weighted by Gasteiger charge is 2.30. The Kier molecular flexibility index (Phi) is 7.22. The molecular weight excluding hydrogens is 516 g/mol. The highest BCUT2D eigenvalue weighted by Crippen LogP contribution is 2.34. The fourth-order valence-electron chi connectivity index (χ4n) is 5.95. The molecule has 9 nitrogen and oxygen atoms in total. The van der Waals surface area contributed by atoms with E-state index < -0.39 is 11.7 Å². The first-order valence-corrected chi connectivity index (χ1v) is 13.8. The Morgan fingerprint density at radius 1 is 1.10 bits per heavy atom. The minimum absolute atomic E-state index is 0.288. The SMILES string of the molecule is C=C(F)C(=O)N1CCN(c2nc(OC[C@@H]3CCCN3C)nc3c2CCN(c2cncc4ccc(F)cc24)C3)CC1. The number of benzene rings is 1. The molecule has 2 fully saturated rings. The molecule has 3 aliphatic rings. The van der Waals surface area contributed by atoms with Crippen molar-refractivity contribution in [2.45, 2.75) is 31.8 Å². The Balaban J connectivity index is 1.30. The van der Waals surface area contributed by atoms with Crippen LogP contribution in [-0.4, -0.2) is 89.6 Å². The molecule has 0 saturated carbocycles. The van der Waals surface area contributed by atoms with Crippen LogP contribution >= 0.6 is 0 Å². The minimum atomic E-state index is -0.941. The zero-order valence-electron chi connectivity index (χ0n) is 22.7. The molecule has 0 aliphatic carbocycles. The van der Waals surface area contributed by atoms with Crippen molar-refractivity contribution in [3.05, 3.63) is 60.1 Å². The maximum atomic E-state index is 14.2. The van der Waals surface area contributed by atoms with E-state index in [4.69, 9.17) is 14.7 Å². The topological polar surface area (TPSA) is 77.9 Å². The monoisotopic (exact) mass is 549 g/mol. The van der Waals surface area contributed by atoms with Crippen LogP contribution in [-0.2, 0) is 17.8 Å². The van der Waals surface area contributed by atoms with Crippen LogP contribution < -0.4 is 14.5 Å². The van der Waals surface area contributed by atoms with E-state index >= 15 is 0 Å². The van der Waals surface area contributed by atoms with Crippen LogP contribution in [0.1, 0.15) is 24.1 Å². The van der Waals surface area contributed by atoms with E-state index in [1.165, 1.54) is 11.0 Å². The van der Waals surface area contributed by atoms with Gasteiger partial charge < -0.3 is 24.3 Å². The number of fused-ring (bicyclic) bond motifs is 2. The number of aromatic nitrogens is 3. The summed E-state index contributed by atoms with van der Waals surface area (Å²) in [6.45, 7) is 7.68. The lowest BCUT2D eigenvalue weighted by Crippen LogP contribution is -2.49. The molecule has 0 unspecified atom stereocenters. The van der Waals surface area contributed by atoms with Gasteiger partial charge in [-0.3, -0.25) is 9.78 Å². The summed E-state index contributed by atoms with van der Waals surface area (Å²) in [5.41, 5.74) is 2.75. The van der Waals surface area contributed by atoms with Gasteiger partial charge >= 0.3 is 6.01 Å². The number of amides is 1. The molecule has 6 rings (SSSR count). The minimum Gasteiger partial charge on any atom is -0.462 e. The summed E-state index contributed by atoms with van der Waals surface area (Å²) in [6.07, 6.45) is 6.41. The predicted octanol–water partition coefficient (Wildman–Crippen LogP) is 3.33. The van der Waals surface area contributed by atoms with E-state index in [1.54, 1.807) is 24.5 Å². The highest BCUT2D eigenvalue weighted by molar-refractivity contribution is 5.93. The lowest BCUT2D eigenvalue weighted by atomic mass is 10.0. The van der Waals surface area contributed by atoms with Crippen molar-refractivity contribution in [2.75, 3.05) is 62.7 Å². The van der Waals surface area contributed by atoms with Crippen LogP contribution in [0.5, 0.6) is 6.01 Å². The second-order valence-corrected chi connectivity index (χ2v) is 10.7. The number of hydrogen-bond donors (Lipinski definition) is 0. The van der Waals surface area contributed by atoms with Gasteiger partial charge in [0.15, 0.2) is 5.83 Å². The van der Waals surface area contributed by atoms with Gasteiger partial charge in [-0.2, -0.15) is 9.97 Å². The molecule has 1 amide bonds. The number of piperazine rings is 1. The van der Waals surface area contributed by atoms with Gasteiger partial charge in [0.1, 0.15) is 18.2 Å². The molecule has 0 N–H and O–H groups in total. The molecule has 40 heavy (non-hydrogen) atoms. The van der Waals surface area contributed by atoms with Gasteiger partial charge in [-0.05, 0) is 51.1 Å². The first kappa shape index (κ1) is 26.4. The third kappa shape index (κ3) is 5.17. The number of carbonyl (C=O) groups is 1. The van der Waals surface area contributed by atoms with Crippen LogP contribution in [0.3, 0.4) is 0 Å². The van der Waals surface area contributed by atoms with E-state index in [0.29, 0.717) is 64.3 Å². The Morgan fingerprint density at radius 3 is 2.67 bits per heavy atom. The van der Waals surface area contributed by atoms with Crippen molar-refractivity contribution in [1.29, 1.82) is 0 Å². The van der Waals surface area contributed by atoms with Crippen LogP contribution in [0.25, 0.3) is 10.8 Å². The first-order chi connectivity index (χ1) is 19.4. The largest absolute Gasteiger partial charge is 0.462 e. The van der Waals surface area contributed by atoms with E-state index in [1.807, 2.05) is 0 Å². The molecule has 11 heteroatoms. The Bertz CT molecular complexity index is 1440. The lowest BCUT2D eigenvalue weighted by Gasteiger charge is -2.38. The van der Waals surface area contributed by atoms with Crippen LogP contribution in [0.15, 0.2) is 43.0 Å². The predicted molar refractivity (Wildman–Crippen MR) is 149 cm³/mol. The summed E-state index contributed by atoms with van der Waals surface area (Å²) < 4.78 is 33.8. The number of nitrogens with zero attached hydrogens (tertiary/aromatic N) is 7. The molecule has 2 saturated heterocycles. The number of likely N-dealkylation sites (tertiary alicyclic amines) is 1. The van der Waals surface area contributed by atoms with E-state index in [2.05, 4.69) is 33.3 Å². The maximum Gasteiger partial charge on any atom is 0.318 e. The molecule has 0 bridgehead atoms. The quantitative estimate of drug-likeness (QED) is 0.434. The Labute approximate surface area is 232 Å². The highest BCUT2D eigenvalue weighted by atomic mass is 19.1. The average Bonchev–Trinajstić information content (AvgIpc) is 3.39. The van der Waals surface area contributed by atoms with E-state index in [0.717, 1.165) is 52.9 Å². The normalized spacial score (nSPS) is 19.7. The Morgan fingerprint density at radius 2 is 1.93 bits per heavy atom. The summed E-state index contributed by atoms with van der Waals surface area (Å²) in [7, 11) is 2.10. The van der Waals surface area contributed by atoms with E-state index in [9.17, 15) is 13.6 Å². The average molecular weight is 550 g/mol. The number of anilines is 2. The van der Waals surface area contributed by atoms with Crippen molar-refractivity contribution in [2.24, 2.45) is 0 Å². The molecule has 210 valence electrons. The molecule has 5 heterocycles. The van der Waals surface area contributed by atoms with Crippen LogP contribution in [0, 0.1) is 5.82 Å². The fraction of sp³-hybridized carbons (Fsp3) is 0.448. The van der Waals surface area contributed by atoms with Gasteiger partial charge in [0.25, 0.3) is 5.91 Å². The second-order valence-electron chi connectivity index (χ2n) is 10.7. The van der Waals surface area contributed by atoms with Crippen molar-refractivity contribution in [1.82, 2.24) is 24.8 Å². The first-order valence-electron chi connectivity index (χ1n) is 13.8. The van der Waals surface area contributed by atoms with E-state index in [-0.39, 0.29) is 5.82 Å². The van der Waals surface area contributed by atoms with Crippen molar-refractivity contribution in [3.8, 4) is 6.01 Å². The Hall–Kier alpha value is -3.86. The second kappa shape index (κ2) is 11.0.